The summed E-state index contributed by atoms with van der Waals surface area (Å²) < 4.78 is 11.9. The summed E-state index contributed by atoms with van der Waals surface area (Å²) in [7, 11) is 0. The molecule has 0 radical (unpaired) electrons. The molecule has 2 saturated carbocycles. The second-order valence-corrected chi connectivity index (χ2v) is 15.1. The van der Waals surface area contributed by atoms with Gasteiger partial charge in [0.05, 0.1) is 17.8 Å². The van der Waals surface area contributed by atoms with Crippen molar-refractivity contribution in [1.29, 1.82) is 0 Å². The van der Waals surface area contributed by atoms with Crippen LogP contribution in [0.4, 0.5) is 0 Å². The largest absolute Gasteiger partial charge is 0.462 e. The van der Waals surface area contributed by atoms with Crippen molar-refractivity contribution in [2.24, 2.45) is 45.3 Å². The molecule has 4 N–H and O–H groups in total. The van der Waals surface area contributed by atoms with Crippen LogP contribution in [0, 0.1) is 45.3 Å². The summed E-state index contributed by atoms with van der Waals surface area (Å²) in [5.74, 6) is -1.13. The lowest BCUT2D eigenvalue weighted by Crippen LogP contribution is -2.68. The standard InChI is InChI=1S/C32H48O8/c1-16(33)39-24-14-22-28(2,3)23(35)11-12-30(22,6)25-19(34)15-31(7)18(9-10-21(31)32(24,25)8)17-13-20(40-27(17)37)26(36)29(4,5)38/h10-12,17-20,22,24-27,34,36-38H,9,13-15H2,1-8H3. The third kappa shape index (κ3) is 4.03. The molecular weight excluding hydrogens is 512 g/mol. The van der Waals surface area contributed by atoms with Gasteiger partial charge in [-0.2, -0.15) is 0 Å². The third-order valence-corrected chi connectivity index (χ3v) is 12.0. The van der Waals surface area contributed by atoms with Gasteiger partial charge in [-0.3, -0.25) is 9.59 Å². The zero-order valence-corrected chi connectivity index (χ0v) is 25.2. The molecule has 3 fully saturated rings. The first-order valence-corrected chi connectivity index (χ1v) is 14.8. The van der Waals surface area contributed by atoms with Gasteiger partial charge < -0.3 is 29.9 Å². The summed E-state index contributed by atoms with van der Waals surface area (Å²) in [6.07, 6.45) is 3.66. The lowest BCUT2D eigenvalue weighted by molar-refractivity contribution is -0.212. The SMILES string of the molecule is CC(=O)OC1CC2C(C)(C)C(=O)C=CC2(C)C2C(O)CC3(C)C(=CCC3C3CC(C(O)C(C)(C)O)OC3O)C12C. The fraction of sp³-hybridized carbons (Fsp3) is 0.812. The van der Waals surface area contributed by atoms with Crippen LogP contribution in [-0.4, -0.2) is 68.5 Å². The van der Waals surface area contributed by atoms with E-state index < -0.39 is 58.0 Å². The molecule has 0 aromatic rings. The van der Waals surface area contributed by atoms with Gasteiger partial charge in [0.25, 0.3) is 0 Å². The van der Waals surface area contributed by atoms with Crippen LogP contribution in [0.2, 0.25) is 0 Å². The molecule has 5 aliphatic rings. The number of aliphatic hydroxyl groups excluding tert-OH is 3. The number of ether oxygens (including phenoxy) is 2. The predicted molar refractivity (Wildman–Crippen MR) is 148 cm³/mol. The lowest BCUT2D eigenvalue weighted by atomic mass is 9.37. The van der Waals surface area contributed by atoms with Gasteiger partial charge in [-0.1, -0.05) is 52.3 Å². The fourth-order valence-corrected chi connectivity index (χ4v) is 10.2. The van der Waals surface area contributed by atoms with Crippen molar-refractivity contribution >= 4 is 11.8 Å². The number of carbonyl (C=O) groups is 2. The Morgan fingerprint density at radius 2 is 1.80 bits per heavy atom. The zero-order valence-electron chi connectivity index (χ0n) is 25.2. The van der Waals surface area contributed by atoms with Crippen molar-refractivity contribution in [2.75, 3.05) is 0 Å². The van der Waals surface area contributed by atoms with Gasteiger partial charge in [-0.05, 0) is 68.3 Å². The molecule has 8 heteroatoms. The maximum Gasteiger partial charge on any atom is 0.302 e. The van der Waals surface area contributed by atoms with Crippen molar-refractivity contribution in [3.05, 3.63) is 23.8 Å². The van der Waals surface area contributed by atoms with Crippen LogP contribution in [0.1, 0.15) is 81.1 Å². The highest BCUT2D eigenvalue weighted by atomic mass is 16.6. The van der Waals surface area contributed by atoms with Crippen molar-refractivity contribution in [2.45, 2.75) is 117 Å². The number of esters is 1. The van der Waals surface area contributed by atoms with Crippen LogP contribution in [0.5, 0.6) is 0 Å². The summed E-state index contributed by atoms with van der Waals surface area (Å²) in [6.45, 7) is 14.8. The van der Waals surface area contributed by atoms with Crippen LogP contribution in [-0.2, 0) is 19.1 Å². The molecule has 0 bridgehead atoms. The van der Waals surface area contributed by atoms with E-state index in [0.717, 1.165) is 5.57 Å². The molecule has 12 atom stereocenters. The first-order chi connectivity index (χ1) is 18.3. The quantitative estimate of drug-likeness (QED) is 0.304. The lowest BCUT2D eigenvalue weighted by Gasteiger charge is -2.67. The monoisotopic (exact) mass is 560 g/mol. The predicted octanol–water partition coefficient (Wildman–Crippen LogP) is 3.30. The second kappa shape index (κ2) is 9.21. The van der Waals surface area contributed by atoms with Gasteiger partial charge in [0, 0.05) is 29.6 Å². The summed E-state index contributed by atoms with van der Waals surface area (Å²) in [5.41, 5.74) is -2.63. The van der Waals surface area contributed by atoms with E-state index in [1.54, 1.807) is 6.08 Å². The smallest absolute Gasteiger partial charge is 0.302 e. The normalized spacial score (nSPS) is 48.6. The van der Waals surface area contributed by atoms with Gasteiger partial charge in [-0.25, -0.2) is 0 Å². The van der Waals surface area contributed by atoms with Crippen LogP contribution < -0.4 is 0 Å². The van der Waals surface area contributed by atoms with E-state index in [-0.39, 0.29) is 35.4 Å². The molecule has 5 rings (SSSR count). The van der Waals surface area contributed by atoms with E-state index >= 15 is 0 Å². The first-order valence-electron chi connectivity index (χ1n) is 14.8. The first kappa shape index (κ1) is 29.9. The molecule has 1 heterocycles. The maximum absolute atomic E-state index is 13.0. The van der Waals surface area contributed by atoms with E-state index in [1.165, 1.54) is 20.8 Å². The molecule has 0 aromatic heterocycles. The number of rotatable bonds is 4. The Labute approximate surface area is 237 Å². The summed E-state index contributed by atoms with van der Waals surface area (Å²) in [5, 5.41) is 44.2. The summed E-state index contributed by atoms with van der Waals surface area (Å²) in [6, 6.07) is 0. The Bertz CT molecular complexity index is 1130. The van der Waals surface area contributed by atoms with Crippen LogP contribution in [0.15, 0.2) is 23.8 Å². The van der Waals surface area contributed by atoms with Gasteiger partial charge in [0.1, 0.15) is 12.2 Å². The van der Waals surface area contributed by atoms with Gasteiger partial charge in [0.15, 0.2) is 12.1 Å². The molecule has 4 aliphatic carbocycles. The Balaban J connectivity index is 1.55. The van der Waals surface area contributed by atoms with Crippen molar-refractivity contribution in [3.63, 3.8) is 0 Å². The van der Waals surface area contributed by atoms with E-state index in [2.05, 4.69) is 26.8 Å². The van der Waals surface area contributed by atoms with Crippen molar-refractivity contribution in [1.82, 2.24) is 0 Å². The highest BCUT2D eigenvalue weighted by Gasteiger charge is 2.71. The Hall–Kier alpha value is -1.58. The number of ketones is 1. The van der Waals surface area contributed by atoms with E-state index in [4.69, 9.17) is 9.47 Å². The molecule has 12 unspecified atom stereocenters. The molecule has 8 nitrogen and oxygen atoms in total. The molecule has 0 aromatic carbocycles. The average Bonchev–Trinajstić information content (AvgIpc) is 3.36. The molecule has 224 valence electrons. The van der Waals surface area contributed by atoms with Crippen LogP contribution in [0.25, 0.3) is 0 Å². The highest BCUT2D eigenvalue weighted by Crippen LogP contribution is 2.72. The Morgan fingerprint density at radius 1 is 1.15 bits per heavy atom. The fourth-order valence-electron chi connectivity index (χ4n) is 10.2. The van der Waals surface area contributed by atoms with Crippen LogP contribution in [0.3, 0.4) is 0 Å². The third-order valence-electron chi connectivity index (χ3n) is 12.0. The average molecular weight is 561 g/mol. The number of hydrogen-bond acceptors (Lipinski definition) is 8. The summed E-state index contributed by atoms with van der Waals surface area (Å²) >= 11 is 0. The van der Waals surface area contributed by atoms with E-state index in [9.17, 15) is 30.0 Å². The molecular formula is C32H48O8. The second-order valence-electron chi connectivity index (χ2n) is 15.1. The Kier molecular flexibility index (Phi) is 6.88. The van der Waals surface area contributed by atoms with Crippen molar-refractivity contribution < 1.29 is 39.5 Å². The summed E-state index contributed by atoms with van der Waals surface area (Å²) in [4.78, 5) is 25.5. The number of hydrogen-bond donors (Lipinski definition) is 4. The zero-order chi connectivity index (χ0) is 29.8. The number of aliphatic hydroxyl groups is 4. The minimum atomic E-state index is -1.38. The number of carbonyl (C=O) groups excluding carboxylic acids is 2. The van der Waals surface area contributed by atoms with Gasteiger partial charge in [-0.15, -0.1) is 0 Å². The minimum Gasteiger partial charge on any atom is -0.462 e. The molecule has 0 spiro atoms. The number of allylic oxidation sites excluding steroid dienone is 3. The molecule has 40 heavy (non-hydrogen) atoms. The van der Waals surface area contributed by atoms with Gasteiger partial charge >= 0.3 is 5.97 Å². The van der Waals surface area contributed by atoms with Crippen molar-refractivity contribution in [3.8, 4) is 0 Å². The van der Waals surface area contributed by atoms with Gasteiger partial charge in [0.2, 0.25) is 0 Å². The molecule has 0 amide bonds. The van der Waals surface area contributed by atoms with Crippen LogP contribution >= 0.6 is 0 Å². The number of fused-ring (bicyclic) bond motifs is 5. The molecule has 1 saturated heterocycles. The maximum atomic E-state index is 13.0. The minimum absolute atomic E-state index is 0.0495. The Morgan fingerprint density at radius 3 is 2.40 bits per heavy atom. The highest BCUT2D eigenvalue weighted by molar-refractivity contribution is 5.95. The van der Waals surface area contributed by atoms with E-state index in [1.807, 2.05) is 19.9 Å². The molecule has 1 aliphatic heterocycles. The van der Waals surface area contributed by atoms with E-state index in [0.29, 0.717) is 25.7 Å². The topological polar surface area (TPSA) is 134 Å².